The van der Waals surface area contributed by atoms with Crippen LogP contribution in [-0.2, 0) is 9.53 Å². The number of nitrogens with one attached hydrogen (secondary N) is 1. The first-order valence-corrected chi connectivity index (χ1v) is 8.69. The molecular formula is C21H24N2O5. The Morgan fingerprint density at radius 3 is 2.18 bits per heavy atom. The van der Waals surface area contributed by atoms with E-state index in [0.29, 0.717) is 17.1 Å². The van der Waals surface area contributed by atoms with Gasteiger partial charge in [0.2, 0.25) is 0 Å². The molecule has 0 fully saturated rings. The van der Waals surface area contributed by atoms with Gasteiger partial charge in [-0.3, -0.25) is 4.79 Å². The molecule has 0 saturated heterocycles. The fraction of sp³-hybridized carbons (Fsp3) is 0.286. The van der Waals surface area contributed by atoms with Crippen LogP contribution >= 0.6 is 0 Å². The molecule has 2 rings (SSSR count). The van der Waals surface area contributed by atoms with Gasteiger partial charge in [-0.15, -0.1) is 0 Å². The van der Waals surface area contributed by atoms with E-state index in [2.05, 4.69) is 10.5 Å². The highest BCUT2D eigenvalue weighted by molar-refractivity contribution is 5.95. The van der Waals surface area contributed by atoms with Crippen LogP contribution in [0.2, 0.25) is 0 Å². The molecule has 0 spiro atoms. The predicted molar refractivity (Wildman–Crippen MR) is 106 cm³/mol. The van der Waals surface area contributed by atoms with E-state index in [1.165, 1.54) is 6.21 Å². The van der Waals surface area contributed by atoms with Gasteiger partial charge in [0.15, 0.2) is 6.61 Å². The summed E-state index contributed by atoms with van der Waals surface area (Å²) in [5.41, 5.74) is 3.15. The molecule has 0 saturated carbocycles. The molecule has 1 amide bonds. The van der Waals surface area contributed by atoms with E-state index in [-0.39, 0.29) is 12.5 Å². The summed E-state index contributed by atoms with van der Waals surface area (Å²) in [5, 5.41) is 3.93. The third-order valence-corrected chi connectivity index (χ3v) is 3.39. The number of rotatable bonds is 7. The highest BCUT2D eigenvalue weighted by Gasteiger charge is 2.16. The van der Waals surface area contributed by atoms with Crippen molar-refractivity contribution in [3.8, 4) is 11.5 Å². The van der Waals surface area contributed by atoms with Crippen LogP contribution in [0.1, 0.15) is 36.7 Å². The number of ether oxygens (including phenoxy) is 3. The number of methoxy groups -OCH3 is 1. The lowest BCUT2D eigenvalue weighted by molar-refractivity contribution is -0.157. The van der Waals surface area contributed by atoms with Crippen LogP contribution < -0.4 is 14.9 Å². The van der Waals surface area contributed by atoms with Crippen LogP contribution in [-0.4, -0.2) is 37.4 Å². The van der Waals surface area contributed by atoms with Crippen LogP contribution in [0.4, 0.5) is 0 Å². The van der Waals surface area contributed by atoms with Crippen LogP contribution in [0.5, 0.6) is 11.5 Å². The Bertz CT molecular complexity index is 821. The maximum absolute atomic E-state index is 12.0. The standard InChI is InChI=1S/C21H24N2O5/c1-21(2,3)28-19(24)14-27-18-9-5-15(6-10-18)13-22-23-20(25)16-7-11-17(26-4)12-8-16/h5-13H,14H2,1-4H3,(H,23,25). The first kappa shape index (κ1) is 21.0. The summed E-state index contributed by atoms with van der Waals surface area (Å²) in [6.07, 6.45) is 1.51. The van der Waals surface area contributed by atoms with Crippen molar-refractivity contribution in [2.45, 2.75) is 26.4 Å². The molecule has 7 heteroatoms. The third-order valence-electron chi connectivity index (χ3n) is 3.39. The average Bonchev–Trinajstić information content (AvgIpc) is 2.66. The molecule has 2 aromatic carbocycles. The van der Waals surface area contributed by atoms with Gasteiger partial charge in [0, 0.05) is 5.56 Å². The van der Waals surface area contributed by atoms with Gasteiger partial charge in [-0.05, 0) is 74.9 Å². The second-order valence-corrected chi connectivity index (χ2v) is 6.87. The zero-order valence-electron chi connectivity index (χ0n) is 16.4. The third kappa shape index (κ3) is 7.11. The number of hydrogen-bond acceptors (Lipinski definition) is 6. The van der Waals surface area contributed by atoms with E-state index in [1.807, 2.05) is 0 Å². The Balaban J connectivity index is 1.82. The number of esters is 1. The van der Waals surface area contributed by atoms with Gasteiger partial charge < -0.3 is 14.2 Å². The van der Waals surface area contributed by atoms with E-state index in [9.17, 15) is 9.59 Å². The van der Waals surface area contributed by atoms with Gasteiger partial charge in [-0.1, -0.05) is 0 Å². The number of benzene rings is 2. The molecule has 0 aromatic heterocycles. The van der Waals surface area contributed by atoms with Crippen molar-refractivity contribution in [1.82, 2.24) is 5.43 Å². The van der Waals surface area contributed by atoms with E-state index in [0.717, 1.165) is 5.56 Å². The van der Waals surface area contributed by atoms with Crippen LogP contribution in [0.25, 0.3) is 0 Å². The molecule has 0 aliphatic carbocycles. The van der Waals surface area contributed by atoms with Gasteiger partial charge in [0.25, 0.3) is 5.91 Å². The van der Waals surface area contributed by atoms with Crippen molar-refractivity contribution in [3.63, 3.8) is 0 Å². The molecule has 1 N–H and O–H groups in total. The van der Waals surface area contributed by atoms with Crippen molar-refractivity contribution in [2.75, 3.05) is 13.7 Å². The van der Waals surface area contributed by atoms with Crippen molar-refractivity contribution in [3.05, 3.63) is 59.7 Å². The van der Waals surface area contributed by atoms with Gasteiger partial charge in [-0.25, -0.2) is 10.2 Å². The normalized spacial score (nSPS) is 11.1. The number of hydrazone groups is 1. The zero-order chi connectivity index (χ0) is 20.6. The summed E-state index contributed by atoms with van der Waals surface area (Å²) >= 11 is 0. The maximum atomic E-state index is 12.0. The lowest BCUT2D eigenvalue weighted by Gasteiger charge is -2.19. The largest absolute Gasteiger partial charge is 0.497 e. The lowest BCUT2D eigenvalue weighted by Crippen LogP contribution is -2.27. The highest BCUT2D eigenvalue weighted by atomic mass is 16.6. The second kappa shape index (κ2) is 9.55. The van der Waals surface area contributed by atoms with Crippen LogP contribution in [0.3, 0.4) is 0 Å². The molecule has 148 valence electrons. The summed E-state index contributed by atoms with van der Waals surface area (Å²) in [5.74, 6) is 0.454. The quantitative estimate of drug-likeness (QED) is 0.450. The summed E-state index contributed by atoms with van der Waals surface area (Å²) in [6, 6.07) is 13.6. The van der Waals surface area contributed by atoms with E-state index in [4.69, 9.17) is 14.2 Å². The summed E-state index contributed by atoms with van der Waals surface area (Å²) in [4.78, 5) is 23.6. The van der Waals surface area contributed by atoms with Gasteiger partial charge in [0.1, 0.15) is 17.1 Å². The minimum atomic E-state index is -0.545. The molecule has 0 aliphatic rings. The summed E-state index contributed by atoms with van der Waals surface area (Å²) in [6.45, 7) is 5.23. The minimum Gasteiger partial charge on any atom is -0.497 e. The highest BCUT2D eigenvalue weighted by Crippen LogP contribution is 2.13. The smallest absolute Gasteiger partial charge is 0.344 e. The molecule has 0 bridgehead atoms. The number of nitrogens with zero attached hydrogens (tertiary/aromatic N) is 1. The second-order valence-electron chi connectivity index (χ2n) is 6.87. The molecule has 2 aromatic rings. The van der Waals surface area contributed by atoms with Crippen molar-refractivity contribution in [2.24, 2.45) is 5.10 Å². The number of amides is 1. The Morgan fingerprint density at radius 2 is 1.61 bits per heavy atom. The molecule has 0 atom stereocenters. The fourth-order valence-electron chi connectivity index (χ4n) is 2.14. The molecule has 0 aliphatic heterocycles. The van der Waals surface area contributed by atoms with E-state index >= 15 is 0 Å². The SMILES string of the molecule is COc1ccc(C(=O)NN=Cc2ccc(OCC(=O)OC(C)(C)C)cc2)cc1. The van der Waals surface area contributed by atoms with Crippen LogP contribution in [0.15, 0.2) is 53.6 Å². The Morgan fingerprint density at radius 1 is 1.00 bits per heavy atom. The topological polar surface area (TPSA) is 86.2 Å². The van der Waals surface area contributed by atoms with Crippen molar-refractivity contribution in [1.29, 1.82) is 0 Å². The summed E-state index contributed by atoms with van der Waals surface area (Å²) in [7, 11) is 1.56. The van der Waals surface area contributed by atoms with Gasteiger partial charge in [-0.2, -0.15) is 5.10 Å². The van der Waals surface area contributed by atoms with Crippen LogP contribution in [0, 0.1) is 0 Å². The van der Waals surface area contributed by atoms with E-state index < -0.39 is 11.6 Å². The maximum Gasteiger partial charge on any atom is 0.344 e. The van der Waals surface area contributed by atoms with Crippen molar-refractivity contribution >= 4 is 18.1 Å². The summed E-state index contributed by atoms with van der Waals surface area (Å²) < 4.78 is 15.6. The van der Waals surface area contributed by atoms with E-state index in [1.54, 1.807) is 76.4 Å². The van der Waals surface area contributed by atoms with Crippen molar-refractivity contribution < 1.29 is 23.8 Å². The Hall–Kier alpha value is -3.35. The zero-order valence-corrected chi connectivity index (χ0v) is 16.4. The first-order chi connectivity index (χ1) is 13.3. The molecule has 28 heavy (non-hydrogen) atoms. The number of hydrogen-bond donors (Lipinski definition) is 1. The molecule has 7 nitrogen and oxygen atoms in total. The Kier molecular flexibility index (Phi) is 7.14. The lowest BCUT2D eigenvalue weighted by atomic mass is 10.2. The first-order valence-electron chi connectivity index (χ1n) is 8.69. The molecule has 0 radical (unpaired) electrons. The number of carbonyl (C=O) groups is 2. The fourth-order valence-corrected chi connectivity index (χ4v) is 2.14. The van der Waals surface area contributed by atoms with Gasteiger partial charge in [0.05, 0.1) is 13.3 Å². The monoisotopic (exact) mass is 384 g/mol. The average molecular weight is 384 g/mol. The minimum absolute atomic E-state index is 0.164. The van der Waals surface area contributed by atoms with Gasteiger partial charge >= 0.3 is 5.97 Å². The predicted octanol–water partition coefficient (Wildman–Crippen LogP) is 3.18. The Labute approximate surface area is 164 Å². The molecule has 0 heterocycles. The molecule has 0 unspecified atom stereocenters. The molecular weight excluding hydrogens is 360 g/mol. The number of carbonyl (C=O) groups excluding carboxylic acids is 2.